The molecule has 6 nitrogen and oxygen atoms in total. The Balaban J connectivity index is 1.55. The van der Waals surface area contributed by atoms with Gasteiger partial charge in [0.2, 0.25) is 5.91 Å². The van der Waals surface area contributed by atoms with E-state index in [9.17, 15) is 14.4 Å². The number of carbonyl (C=O) groups is 3. The number of hydrogen-bond acceptors (Lipinski definition) is 4. The largest absolute Gasteiger partial charge is 0.497 e. The number of nitrogens with zero attached hydrogens (tertiary/aromatic N) is 1. The van der Waals surface area contributed by atoms with E-state index in [-0.39, 0.29) is 6.54 Å². The monoisotopic (exact) mass is 400 g/mol. The van der Waals surface area contributed by atoms with E-state index in [4.69, 9.17) is 4.74 Å². The van der Waals surface area contributed by atoms with Crippen molar-refractivity contribution in [3.63, 3.8) is 0 Å². The molecule has 3 amide bonds. The van der Waals surface area contributed by atoms with Crippen LogP contribution in [-0.2, 0) is 4.79 Å². The van der Waals surface area contributed by atoms with Crippen LogP contribution in [0.25, 0.3) is 0 Å². The van der Waals surface area contributed by atoms with Crippen molar-refractivity contribution in [2.45, 2.75) is 6.04 Å². The number of carbonyl (C=O) groups excluding carboxylic acids is 3. The minimum atomic E-state index is -0.452. The lowest BCUT2D eigenvalue weighted by Gasteiger charge is -2.22. The van der Waals surface area contributed by atoms with E-state index in [1.54, 1.807) is 31.4 Å². The fourth-order valence-corrected chi connectivity index (χ4v) is 3.53. The first-order valence-corrected chi connectivity index (χ1v) is 9.52. The minimum absolute atomic E-state index is 0.324. The normalized spacial score (nSPS) is 13.7. The van der Waals surface area contributed by atoms with Crippen molar-refractivity contribution >= 4 is 17.7 Å². The smallest absolute Gasteiger partial charge is 0.262 e. The molecular formula is C24H20N2O4. The molecule has 4 rings (SSSR count). The summed E-state index contributed by atoms with van der Waals surface area (Å²) in [6.07, 6.45) is 0. The van der Waals surface area contributed by atoms with Crippen LogP contribution >= 0.6 is 0 Å². The second-order valence-corrected chi connectivity index (χ2v) is 6.93. The second kappa shape index (κ2) is 8.21. The van der Waals surface area contributed by atoms with Crippen LogP contribution in [0.1, 0.15) is 37.9 Å². The number of nitrogens with one attached hydrogen (secondary N) is 1. The summed E-state index contributed by atoms with van der Waals surface area (Å²) in [5, 5.41) is 2.96. The zero-order chi connectivity index (χ0) is 21.1. The van der Waals surface area contributed by atoms with Gasteiger partial charge in [0.25, 0.3) is 11.8 Å². The summed E-state index contributed by atoms with van der Waals surface area (Å²) in [7, 11) is 1.59. The highest BCUT2D eigenvalue weighted by Crippen LogP contribution is 2.25. The Hall–Kier alpha value is -3.93. The molecule has 0 fully saturated rings. The number of benzene rings is 3. The van der Waals surface area contributed by atoms with Gasteiger partial charge < -0.3 is 10.1 Å². The van der Waals surface area contributed by atoms with Crippen molar-refractivity contribution in [2.24, 2.45) is 0 Å². The first-order valence-electron chi connectivity index (χ1n) is 9.52. The van der Waals surface area contributed by atoms with Gasteiger partial charge in [0, 0.05) is 0 Å². The van der Waals surface area contributed by atoms with Crippen LogP contribution in [0.3, 0.4) is 0 Å². The molecule has 150 valence electrons. The number of imide groups is 1. The molecule has 1 aliphatic rings. The molecule has 0 radical (unpaired) electrons. The van der Waals surface area contributed by atoms with Crippen LogP contribution < -0.4 is 10.1 Å². The molecule has 1 unspecified atom stereocenters. The summed E-state index contributed by atoms with van der Waals surface area (Å²) in [6, 6.07) is 23.1. The molecule has 3 aromatic rings. The molecule has 0 aliphatic carbocycles. The first-order chi connectivity index (χ1) is 14.6. The molecule has 0 saturated carbocycles. The van der Waals surface area contributed by atoms with Crippen molar-refractivity contribution in [1.82, 2.24) is 10.2 Å². The van der Waals surface area contributed by atoms with E-state index in [0.29, 0.717) is 16.9 Å². The summed E-state index contributed by atoms with van der Waals surface area (Å²) >= 11 is 0. The van der Waals surface area contributed by atoms with Crippen LogP contribution in [0.2, 0.25) is 0 Å². The Morgan fingerprint density at radius 3 is 1.93 bits per heavy atom. The van der Waals surface area contributed by atoms with Crippen LogP contribution in [0.15, 0.2) is 78.9 Å². The maximum Gasteiger partial charge on any atom is 0.262 e. The third-order valence-corrected chi connectivity index (χ3v) is 5.07. The summed E-state index contributed by atoms with van der Waals surface area (Å²) in [5.41, 5.74) is 2.39. The molecule has 0 spiro atoms. The molecule has 6 heteroatoms. The molecular weight excluding hydrogens is 380 g/mol. The predicted octanol–water partition coefficient (Wildman–Crippen LogP) is 3.20. The average molecular weight is 400 g/mol. The van der Waals surface area contributed by atoms with E-state index in [1.807, 2.05) is 54.6 Å². The third-order valence-electron chi connectivity index (χ3n) is 5.07. The Bertz CT molecular complexity index is 1060. The number of fused-ring (bicyclic) bond motifs is 1. The van der Waals surface area contributed by atoms with Crippen LogP contribution in [0.5, 0.6) is 5.75 Å². The van der Waals surface area contributed by atoms with Gasteiger partial charge in [-0.05, 0) is 35.4 Å². The molecule has 1 aliphatic heterocycles. The highest BCUT2D eigenvalue weighted by Gasteiger charge is 2.36. The van der Waals surface area contributed by atoms with E-state index in [2.05, 4.69) is 5.32 Å². The Morgan fingerprint density at radius 1 is 0.833 bits per heavy atom. The lowest BCUT2D eigenvalue weighted by molar-refractivity contribution is -0.121. The van der Waals surface area contributed by atoms with Gasteiger partial charge >= 0.3 is 0 Å². The van der Waals surface area contributed by atoms with E-state index in [1.165, 1.54) is 0 Å². The maximum atomic E-state index is 12.8. The Labute approximate surface area is 174 Å². The van der Waals surface area contributed by atoms with Crippen molar-refractivity contribution in [1.29, 1.82) is 0 Å². The molecule has 1 N–H and O–H groups in total. The first kappa shape index (κ1) is 19.4. The lowest BCUT2D eigenvalue weighted by atomic mass is 9.98. The molecule has 0 saturated heterocycles. The zero-order valence-corrected chi connectivity index (χ0v) is 16.4. The van der Waals surface area contributed by atoms with Crippen LogP contribution in [0, 0.1) is 0 Å². The molecule has 0 bridgehead atoms. The van der Waals surface area contributed by atoms with E-state index >= 15 is 0 Å². The lowest BCUT2D eigenvalue weighted by Crippen LogP contribution is -2.41. The van der Waals surface area contributed by atoms with Crippen molar-refractivity contribution in [2.75, 3.05) is 13.7 Å². The van der Waals surface area contributed by atoms with Gasteiger partial charge in [0.15, 0.2) is 0 Å². The number of rotatable bonds is 6. The van der Waals surface area contributed by atoms with Gasteiger partial charge in [-0.1, -0.05) is 54.6 Å². The van der Waals surface area contributed by atoms with Crippen molar-refractivity contribution in [3.05, 3.63) is 101 Å². The number of methoxy groups -OCH3 is 1. The van der Waals surface area contributed by atoms with Gasteiger partial charge in [-0.25, -0.2) is 0 Å². The highest BCUT2D eigenvalue weighted by atomic mass is 16.5. The molecule has 1 heterocycles. The highest BCUT2D eigenvalue weighted by molar-refractivity contribution is 6.22. The van der Waals surface area contributed by atoms with Crippen molar-refractivity contribution < 1.29 is 19.1 Å². The van der Waals surface area contributed by atoms with Gasteiger partial charge in [0.05, 0.1) is 24.3 Å². The number of ether oxygens (including phenoxy) is 1. The second-order valence-electron chi connectivity index (χ2n) is 6.93. The Morgan fingerprint density at radius 2 is 1.37 bits per heavy atom. The quantitative estimate of drug-likeness (QED) is 0.645. The van der Waals surface area contributed by atoms with Gasteiger partial charge in [-0.15, -0.1) is 0 Å². The third kappa shape index (κ3) is 3.67. The number of amides is 3. The summed E-state index contributed by atoms with van der Waals surface area (Å²) < 4.78 is 5.21. The summed E-state index contributed by atoms with van der Waals surface area (Å²) in [6.45, 7) is -0.341. The van der Waals surface area contributed by atoms with Gasteiger partial charge in [-0.3, -0.25) is 19.3 Å². The average Bonchev–Trinajstić information content (AvgIpc) is 3.03. The van der Waals surface area contributed by atoms with Gasteiger partial charge in [-0.2, -0.15) is 0 Å². The minimum Gasteiger partial charge on any atom is -0.497 e. The summed E-state index contributed by atoms with van der Waals surface area (Å²) in [4.78, 5) is 38.9. The fourth-order valence-electron chi connectivity index (χ4n) is 3.53. The van der Waals surface area contributed by atoms with E-state index < -0.39 is 23.8 Å². The SMILES string of the molecule is COc1ccc(C(NC(=O)CN2C(=O)c3ccccc3C2=O)c2ccccc2)cc1. The van der Waals surface area contributed by atoms with E-state index in [0.717, 1.165) is 16.0 Å². The summed E-state index contributed by atoms with van der Waals surface area (Å²) in [5.74, 6) is -0.616. The molecule has 30 heavy (non-hydrogen) atoms. The number of hydrogen-bond donors (Lipinski definition) is 1. The zero-order valence-electron chi connectivity index (χ0n) is 16.4. The fraction of sp³-hybridized carbons (Fsp3) is 0.125. The Kier molecular flexibility index (Phi) is 5.30. The van der Waals surface area contributed by atoms with Gasteiger partial charge in [0.1, 0.15) is 12.3 Å². The van der Waals surface area contributed by atoms with Crippen LogP contribution in [-0.4, -0.2) is 36.3 Å². The molecule has 1 atom stereocenters. The predicted molar refractivity (Wildman–Crippen MR) is 111 cm³/mol. The maximum absolute atomic E-state index is 12.8. The molecule has 3 aromatic carbocycles. The molecule has 0 aromatic heterocycles. The van der Waals surface area contributed by atoms with Crippen molar-refractivity contribution in [3.8, 4) is 5.75 Å². The standard InChI is InChI=1S/C24H20N2O4/c1-30-18-13-11-17(12-14-18)22(16-7-3-2-4-8-16)25-21(27)15-26-23(28)19-9-5-6-10-20(19)24(26)29/h2-14,22H,15H2,1H3,(H,25,27). The topological polar surface area (TPSA) is 75.7 Å². The van der Waals surface area contributed by atoms with Crippen LogP contribution in [0.4, 0.5) is 0 Å².